The number of hydrogen-bond acceptors (Lipinski definition) is 7. The van der Waals surface area contributed by atoms with E-state index in [-0.39, 0.29) is 6.03 Å². The van der Waals surface area contributed by atoms with Crippen molar-refractivity contribution >= 4 is 11.7 Å². The van der Waals surface area contributed by atoms with Gasteiger partial charge in [0.05, 0.1) is 43.0 Å². The molecular weight excluding hydrogens is 408 g/mol. The highest BCUT2D eigenvalue weighted by molar-refractivity contribution is 5.74. The predicted octanol–water partition coefficient (Wildman–Crippen LogP) is 3.18. The van der Waals surface area contributed by atoms with Crippen molar-refractivity contribution in [1.29, 1.82) is 0 Å². The van der Waals surface area contributed by atoms with Crippen molar-refractivity contribution < 1.29 is 13.9 Å². The van der Waals surface area contributed by atoms with Gasteiger partial charge < -0.3 is 24.3 Å². The summed E-state index contributed by atoms with van der Waals surface area (Å²) in [6.45, 7) is 7.00. The van der Waals surface area contributed by atoms with E-state index in [0.717, 1.165) is 47.9 Å². The Morgan fingerprint density at radius 2 is 1.97 bits per heavy atom. The standard InChI is InChI=1S/C23H28N6O3/c1-16-12-26-18(13-24-16)14-27-23(30)29-8-4-7-28(9-10-29)19-5-6-20(21(11-19)31-3)22-15-25-17(2)32-22/h5-6,11-13,15H,4,7-10,14H2,1-3H3,(H,27,30). The summed E-state index contributed by atoms with van der Waals surface area (Å²) in [5, 5.41) is 2.95. The van der Waals surface area contributed by atoms with E-state index in [4.69, 9.17) is 9.15 Å². The van der Waals surface area contributed by atoms with E-state index >= 15 is 0 Å². The second-order valence-corrected chi connectivity index (χ2v) is 7.76. The molecule has 1 N–H and O–H groups in total. The maximum absolute atomic E-state index is 12.7. The largest absolute Gasteiger partial charge is 0.496 e. The number of urea groups is 1. The number of aromatic nitrogens is 3. The molecule has 2 amide bonds. The lowest BCUT2D eigenvalue weighted by Crippen LogP contribution is -2.41. The van der Waals surface area contributed by atoms with Crippen molar-refractivity contribution in [1.82, 2.24) is 25.2 Å². The third-order valence-corrected chi connectivity index (χ3v) is 5.48. The zero-order chi connectivity index (χ0) is 22.5. The van der Waals surface area contributed by atoms with Crippen LogP contribution in [0.5, 0.6) is 5.75 Å². The van der Waals surface area contributed by atoms with Crippen LogP contribution < -0.4 is 15.0 Å². The molecule has 168 valence electrons. The second kappa shape index (κ2) is 9.67. The van der Waals surface area contributed by atoms with Gasteiger partial charge >= 0.3 is 6.03 Å². The number of anilines is 1. The van der Waals surface area contributed by atoms with Crippen LogP contribution in [-0.4, -0.2) is 59.2 Å². The summed E-state index contributed by atoms with van der Waals surface area (Å²) in [7, 11) is 1.65. The Balaban J connectivity index is 1.38. The molecule has 0 aliphatic carbocycles. The molecular formula is C23H28N6O3. The second-order valence-electron chi connectivity index (χ2n) is 7.76. The minimum atomic E-state index is -0.0807. The molecule has 0 unspecified atom stereocenters. The van der Waals surface area contributed by atoms with E-state index in [9.17, 15) is 4.79 Å². The molecule has 0 atom stereocenters. The van der Waals surface area contributed by atoms with Gasteiger partial charge in [0, 0.05) is 51.1 Å². The Morgan fingerprint density at radius 1 is 1.09 bits per heavy atom. The van der Waals surface area contributed by atoms with Gasteiger partial charge in [0.25, 0.3) is 0 Å². The van der Waals surface area contributed by atoms with Crippen molar-refractivity contribution in [3.05, 3.63) is 54.1 Å². The zero-order valence-electron chi connectivity index (χ0n) is 18.7. The van der Waals surface area contributed by atoms with Gasteiger partial charge in [-0.2, -0.15) is 0 Å². The number of nitrogens with one attached hydrogen (secondary N) is 1. The number of carbonyl (C=O) groups excluding carboxylic acids is 1. The smallest absolute Gasteiger partial charge is 0.317 e. The summed E-state index contributed by atoms with van der Waals surface area (Å²) >= 11 is 0. The molecule has 1 aromatic carbocycles. The van der Waals surface area contributed by atoms with Crippen LogP contribution in [0, 0.1) is 13.8 Å². The number of carbonyl (C=O) groups is 1. The molecule has 2 aromatic heterocycles. The van der Waals surface area contributed by atoms with E-state index in [1.165, 1.54) is 0 Å². The van der Waals surface area contributed by atoms with E-state index in [0.29, 0.717) is 31.3 Å². The average molecular weight is 437 g/mol. The van der Waals surface area contributed by atoms with Crippen LogP contribution in [-0.2, 0) is 6.54 Å². The van der Waals surface area contributed by atoms with Crippen LogP contribution in [0.3, 0.4) is 0 Å². The highest BCUT2D eigenvalue weighted by Crippen LogP contribution is 2.34. The number of amides is 2. The molecule has 4 rings (SSSR count). The number of rotatable bonds is 5. The topological polar surface area (TPSA) is 96.6 Å². The first-order valence-electron chi connectivity index (χ1n) is 10.7. The first kappa shape index (κ1) is 21.6. The fourth-order valence-corrected chi connectivity index (χ4v) is 3.73. The number of ether oxygens (including phenoxy) is 1. The predicted molar refractivity (Wildman–Crippen MR) is 121 cm³/mol. The van der Waals surface area contributed by atoms with Gasteiger partial charge in [0.15, 0.2) is 11.7 Å². The van der Waals surface area contributed by atoms with Crippen LogP contribution in [0.4, 0.5) is 10.5 Å². The monoisotopic (exact) mass is 436 g/mol. The molecule has 1 saturated heterocycles. The minimum Gasteiger partial charge on any atom is -0.496 e. The maximum Gasteiger partial charge on any atom is 0.317 e. The molecule has 3 heterocycles. The summed E-state index contributed by atoms with van der Waals surface area (Å²) in [5.41, 5.74) is 3.52. The van der Waals surface area contributed by atoms with Crippen molar-refractivity contribution in [3.8, 4) is 17.1 Å². The summed E-state index contributed by atoms with van der Waals surface area (Å²) in [5.74, 6) is 2.03. The van der Waals surface area contributed by atoms with Crippen LogP contribution in [0.1, 0.15) is 23.7 Å². The molecule has 3 aromatic rings. The lowest BCUT2D eigenvalue weighted by Gasteiger charge is -2.24. The molecule has 0 radical (unpaired) electrons. The Hall–Kier alpha value is -3.62. The van der Waals surface area contributed by atoms with Crippen LogP contribution in [0.2, 0.25) is 0 Å². The molecule has 0 saturated carbocycles. The maximum atomic E-state index is 12.7. The third kappa shape index (κ3) is 4.99. The highest BCUT2D eigenvalue weighted by Gasteiger charge is 2.20. The van der Waals surface area contributed by atoms with Crippen molar-refractivity contribution in [2.24, 2.45) is 0 Å². The van der Waals surface area contributed by atoms with Crippen LogP contribution >= 0.6 is 0 Å². The summed E-state index contributed by atoms with van der Waals surface area (Å²) in [6.07, 6.45) is 5.98. The highest BCUT2D eigenvalue weighted by atomic mass is 16.5. The number of benzene rings is 1. The summed E-state index contributed by atoms with van der Waals surface area (Å²) in [6, 6.07) is 5.98. The number of nitrogens with zero attached hydrogens (tertiary/aromatic N) is 5. The van der Waals surface area contributed by atoms with E-state index < -0.39 is 0 Å². The van der Waals surface area contributed by atoms with Gasteiger partial charge in [-0.3, -0.25) is 9.97 Å². The van der Waals surface area contributed by atoms with Crippen LogP contribution in [0.25, 0.3) is 11.3 Å². The number of hydrogen-bond donors (Lipinski definition) is 1. The fourth-order valence-electron chi connectivity index (χ4n) is 3.73. The molecule has 1 aliphatic heterocycles. The molecule has 1 aliphatic rings. The van der Waals surface area contributed by atoms with Gasteiger partial charge in [0.2, 0.25) is 0 Å². The van der Waals surface area contributed by atoms with E-state index in [1.54, 1.807) is 25.7 Å². The van der Waals surface area contributed by atoms with Gasteiger partial charge in [-0.1, -0.05) is 0 Å². The molecule has 1 fully saturated rings. The van der Waals surface area contributed by atoms with E-state index in [2.05, 4.69) is 31.2 Å². The van der Waals surface area contributed by atoms with Gasteiger partial charge in [-0.15, -0.1) is 0 Å². The van der Waals surface area contributed by atoms with Gasteiger partial charge in [0.1, 0.15) is 5.75 Å². The average Bonchev–Trinajstić information content (AvgIpc) is 3.09. The number of oxazole rings is 1. The fraction of sp³-hybridized carbons (Fsp3) is 0.391. The Morgan fingerprint density at radius 3 is 2.69 bits per heavy atom. The molecule has 9 nitrogen and oxygen atoms in total. The minimum absolute atomic E-state index is 0.0807. The zero-order valence-corrected chi connectivity index (χ0v) is 18.7. The Kier molecular flexibility index (Phi) is 6.53. The first-order chi connectivity index (χ1) is 15.5. The van der Waals surface area contributed by atoms with Crippen LogP contribution in [0.15, 0.2) is 41.2 Å². The third-order valence-electron chi connectivity index (χ3n) is 5.48. The van der Waals surface area contributed by atoms with Crippen molar-refractivity contribution in [2.45, 2.75) is 26.8 Å². The van der Waals surface area contributed by atoms with Crippen molar-refractivity contribution in [2.75, 3.05) is 38.2 Å². The Bertz CT molecular complexity index is 1070. The quantitative estimate of drug-likeness (QED) is 0.656. The summed E-state index contributed by atoms with van der Waals surface area (Å²) in [4.78, 5) is 29.4. The van der Waals surface area contributed by atoms with Crippen molar-refractivity contribution in [3.63, 3.8) is 0 Å². The van der Waals surface area contributed by atoms with Gasteiger partial charge in [-0.05, 0) is 25.5 Å². The SMILES string of the molecule is COc1cc(N2CCCN(C(=O)NCc3cnc(C)cn3)CC2)ccc1-c1cnc(C)o1. The lowest BCUT2D eigenvalue weighted by atomic mass is 10.1. The lowest BCUT2D eigenvalue weighted by molar-refractivity contribution is 0.201. The number of aryl methyl sites for hydroxylation is 2. The molecule has 0 bridgehead atoms. The molecule has 9 heteroatoms. The van der Waals surface area contributed by atoms with E-state index in [1.807, 2.05) is 30.9 Å². The molecule has 0 spiro atoms. The Labute approximate surface area is 187 Å². The normalized spacial score (nSPS) is 14.2. The summed E-state index contributed by atoms with van der Waals surface area (Å²) < 4.78 is 11.3. The molecule has 32 heavy (non-hydrogen) atoms. The first-order valence-corrected chi connectivity index (χ1v) is 10.7. The number of methoxy groups -OCH3 is 1. The van der Waals surface area contributed by atoms with Gasteiger partial charge in [-0.25, -0.2) is 9.78 Å².